The maximum atomic E-state index is 12.8. The number of thioether (sulfide) groups is 1. The van der Waals surface area contributed by atoms with Gasteiger partial charge in [0.15, 0.2) is 5.78 Å². The largest absolute Gasteiger partial charge is 0.341 e. The summed E-state index contributed by atoms with van der Waals surface area (Å²) in [6.45, 7) is 0. The van der Waals surface area contributed by atoms with E-state index in [9.17, 15) is 14.4 Å². The number of hydroxylamine groups is 1. The molecule has 0 fully saturated rings. The summed E-state index contributed by atoms with van der Waals surface area (Å²) in [5, 5.41) is 11.4. The lowest BCUT2D eigenvalue weighted by atomic mass is 10.0. The molecule has 160 valence electrons. The zero-order chi connectivity index (χ0) is 21.8. The average molecular weight is 493 g/mol. The van der Waals surface area contributed by atoms with E-state index in [1.807, 2.05) is 30.3 Å². The molecule has 2 aromatic carbocycles. The van der Waals surface area contributed by atoms with E-state index in [-0.39, 0.29) is 18.1 Å². The van der Waals surface area contributed by atoms with Crippen LogP contribution in [0.3, 0.4) is 0 Å². The second-order valence-electron chi connectivity index (χ2n) is 6.70. The van der Waals surface area contributed by atoms with Crippen molar-refractivity contribution in [1.29, 1.82) is 0 Å². The molecule has 0 saturated carbocycles. The Balaban J connectivity index is 1.93. The van der Waals surface area contributed by atoms with Crippen molar-refractivity contribution in [2.45, 2.75) is 31.7 Å². The molecule has 0 aliphatic heterocycles. The third-order valence-corrected chi connectivity index (χ3v) is 6.08. The van der Waals surface area contributed by atoms with Crippen molar-refractivity contribution < 1.29 is 19.6 Å². The number of ketones is 1. The van der Waals surface area contributed by atoms with E-state index in [0.717, 1.165) is 10.0 Å². The minimum absolute atomic E-state index is 0.0232. The van der Waals surface area contributed by atoms with Crippen LogP contribution >= 0.6 is 27.7 Å². The predicted octanol–water partition coefficient (Wildman–Crippen LogP) is 3.77. The summed E-state index contributed by atoms with van der Waals surface area (Å²) in [5.74, 6) is 0.320. The van der Waals surface area contributed by atoms with Gasteiger partial charge in [0.25, 0.3) is 5.91 Å². The van der Waals surface area contributed by atoms with Crippen LogP contribution in [0.25, 0.3) is 0 Å². The molecule has 0 aliphatic carbocycles. The summed E-state index contributed by atoms with van der Waals surface area (Å²) in [6, 6.07) is 16.1. The molecule has 2 amide bonds. The zero-order valence-electron chi connectivity index (χ0n) is 16.5. The van der Waals surface area contributed by atoms with Crippen molar-refractivity contribution in [1.82, 2.24) is 10.8 Å². The van der Waals surface area contributed by atoms with Crippen LogP contribution in [0.4, 0.5) is 0 Å². The Morgan fingerprint density at radius 3 is 2.37 bits per heavy atom. The number of benzene rings is 2. The summed E-state index contributed by atoms with van der Waals surface area (Å²) in [7, 11) is 0. The lowest BCUT2D eigenvalue weighted by Gasteiger charge is -2.18. The molecule has 3 N–H and O–H groups in total. The molecule has 30 heavy (non-hydrogen) atoms. The third-order valence-electron chi connectivity index (χ3n) is 4.41. The van der Waals surface area contributed by atoms with Gasteiger partial charge in [-0.2, -0.15) is 11.8 Å². The number of aryl methyl sites for hydroxylation is 1. The molecule has 0 heterocycles. The van der Waals surface area contributed by atoms with Gasteiger partial charge in [-0.3, -0.25) is 19.6 Å². The highest BCUT2D eigenvalue weighted by atomic mass is 79.9. The van der Waals surface area contributed by atoms with E-state index < -0.39 is 11.9 Å². The van der Waals surface area contributed by atoms with Gasteiger partial charge in [0.05, 0.1) is 6.04 Å². The van der Waals surface area contributed by atoms with Crippen LogP contribution in [0, 0.1) is 0 Å². The van der Waals surface area contributed by atoms with Crippen LogP contribution in [-0.4, -0.2) is 40.4 Å². The number of nitrogens with one attached hydrogen (secondary N) is 2. The Kier molecular flexibility index (Phi) is 10.6. The van der Waals surface area contributed by atoms with E-state index in [1.54, 1.807) is 29.7 Å². The fourth-order valence-electron chi connectivity index (χ4n) is 2.74. The molecule has 0 spiro atoms. The Labute approximate surface area is 188 Å². The van der Waals surface area contributed by atoms with Crippen LogP contribution in [0.2, 0.25) is 0 Å². The Morgan fingerprint density at radius 1 is 1.00 bits per heavy atom. The maximum absolute atomic E-state index is 12.8. The minimum atomic E-state index is -0.610. The topological polar surface area (TPSA) is 95.5 Å². The average Bonchev–Trinajstić information content (AvgIpc) is 2.77. The summed E-state index contributed by atoms with van der Waals surface area (Å²) in [6.07, 6.45) is 1.73. The monoisotopic (exact) mass is 492 g/mol. The highest BCUT2D eigenvalue weighted by Gasteiger charge is 2.21. The van der Waals surface area contributed by atoms with Crippen molar-refractivity contribution >= 4 is 45.3 Å². The third kappa shape index (κ3) is 8.69. The van der Waals surface area contributed by atoms with Gasteiger partial charge in [0.1, 0.15) is 0 Å². The molecule has 0 bridgehead atoms. The first-order chi connectivity index (χ1) is 14.5. The molecule has 0 radical (unpaired) electrons. The van der Waals surface area contributed by atoms with E-state index in [2.05, 4.69) is 21.2 Å². The Bertz CT molecular complexity index is 831. The van der Waals surface area contributed by atoms with Crippen LogP contribution in [0.1, 0.15) is 35.2 Å². The van der Waals surface area contributed by atoms with Crippen LogP contribution in [0.5, 0.6) is 0 Å². The fraction of sp³-hybridized carbons (Fsp3) is 0.318. The smallest absolute Gasteiger partial charge is 0.251 e. The standard InChI is InChI=1S/C22H25BrN2O4S/c23-18-11-9-17(10-12-18)22(28)24-19(15-30-14-4-7-21(27)25-29)20(26)13-8-16-5-2-1-3-6-16/h1-3,5-6,9-12,19,29H,4,7-8,13-15H2,(H,24,28)(H,25,27)/t19-/m0/s1. The van der Waals surface area contributed by atoms with Gasteiger partial charge in [-0.25, -0.2) is 5.48 Å². The molecule has 1 atom stereocenters. The van der Waals surface area contributed by atoms with Gasteiger partial charge in [0.2, 0.25) is 5.91 Å². The van der Waals surface area contributed by atoms with Gasteiger partial charge in [-0.05, 0) is 48.4 Å². The minimum Gasteiger partial charge on any atom is -0.341 e. The van der Waals surface area contributed by atoms with E-state index in [1.165, 1.54) is 11.8 Å². The Hall–Kier alpha value is -2.16. The molecule has 0 aliphatic rings. The van der Waals surface area contributed by atoms with Gasteiger partial charge >= 0.3 is 0 Å². The van der Waals surface area contributed by atoms with Crippen molar-refractivity contribution in [3.05, 3.63) is 70.2 Å². The SMILES string of the molecule is O=C(CCCSC[C@H](NC(=O)c1ccc(Br)cc1)C(=O)CCc1ccccc1)NO. The lowest BCUT2D eigenvalue weighted by molar-refractivity contribution is -0.129. The lowest BCUT2D eigenvalue weighted by Crippen LogP contribution is -2.43. The normalized spacial score (nSPS) is 11.5. The van der Waals surface area contributed by atoms with Crippen molar-refractivity contribution in [3.8, 4) is 0 Å². The molecule has 0 aromatic heterocycles. The number of hydrogen-bond acceptors (Lipinski definition) is 5. The van der Waals surface area contributed by atoms with Crippen molar-refractivity contribution in [2.75, 3.05) is 11.5 Å². The van der Waals surface area contributed by atoms with Crippen molar-refractivity contribution in [3.63, 3.8) is 0 Å². The maximum Gasteiger partial charge on any atom is 0.251 e. The number of amides is 2. The Morgan fingerprint density at radius 2 is 1.70 bits per heavy atom. The molecule has 0 saturated heterocycles. The molecule has 8 heteroatoms. The molecule has 2 rings (SSSR count). The summed E-state index contributed by atoms with van der Waals surface area (Å²) in [5.41, 5.74) is 3.17. The summed E-state index contributed by atoms with van der Waals surface area (Å²) in [4.78, 5) is 36.5. The molecule has 6 nitrogen and oxygen atoms in total. The van der Waals surface area contributed by atoms with Crippen molar-refractivity contribution in [2.24, 2.45) is 0 Å². The number of rotatable bonds is 12. The highest BCUT2D eigenvalue weighted by Crippen LogP contribution is 2.13. The van der Waals surface area contributed by atoms with Gasteiger partial charge < -0.3 is 5.32 Å². The number of Topliss-reactive ketones (excluding diaryl/α,β-unsaturated/α-hetero) is 1. The first-order valence-electron chi connectivity index (χ1n) is 9.63. The molecule has 2 aromatic rings. The fourth-order valence-corrected chi connectivity index (χ4v) is 4.02. The first kappa shape index (κ1) is 24.1. The molecular weight excluding hydrogens is 468 g/mol. The van der Waals surface area contributed by atoms with E-state index in [4.69, 9.17) is 5.21 Å². The number of carbonyl (C=O) groups is 3. The van der Waals surface area contributed by atoms with E-state index in [0.29, 0.717) is 36.3 Å². The molecular formula is C22H25BrN2O4S. The van der Waals surface area contributed by atoms with Crippen LogP contribution in [0.15, 0.2) is 59.1 Å². The second kappa shape index (κ2) is 13.2. The van der Waals surface area contributed by atoms with Gasteiger partial charge in [-0.15, -0.1) is 0 Å². The first-order valence-corrected chi connectivity index (χ1v) is 11.6. The van der Waals surface area contributed by atoms with Crippen LogP contribution in [-0.2, 0) is 16.0 Å². The van der Waals surface area contributed by atoms with Gasteiger partial charge in [-0.1, -0.05) is 46.3 Å². The zero-order valence-corrected chi connectivity index (χ0v) is 18.9. The quantitative estimate of drug-likeness (QED) is 0.238. The summed E-state index contributed by atoms with van der Waals surface area (Å²) < 4.78 is 0.872. The highest BCUT2D eigenvalue weighted by molar-refractivity contribution is 9.10. The van der Waals surface area contributed by atoms with E-state index >= 15 is 0 Å². The summed E-state index contributed by atoms with van der Waals surface area (Å²) >= 11 is 4.84. The number of carbonyl (C=O) groups excluding carboxylic acids is 3. The second-order valence-corrected chi connectivity index (χ2v) is 8.76. The molecule has 0 unspecified atom stereocenters. The predicted molar refractivity (Wildman–Crippen MR) is 122 cm³/mol. The number of hydrogen-bond donors (Lipinski definition) is 3. The number of halogens is 1. The van der Waals surface area contributed by atoms with Crippen LogP contribution < -0.4 is 10.8 Å². The van der Waals surface area contributed by atoms with Gasteiger partial charge in [0, 0.05) is 28.6 Å².